The summed E-state index contributed by atoms with van der Waals surface area (Å²) in [6, 6.07) is 11.2. The first-order chi connectivity index (χ1) is 11.1. The zero-order valence-corrected chi connectivity index (χ0v) is 13.3. The average molecular weight is 310 g/mol. The van der Waals surface area contributed by atoms with Crippen molar-refractivity contribution >= 4 is 5.82 Å². The van der Waals surface area contributed by atoms with E-state index in [1.165, 1.54) is 0 Å². The molecule has 0 radical (unpaired) electrons. The standard InChI is InChI=1S/C17H18N4O2/c1-11-5-4-6-19-17(11)21-16(18)10-15(20-21)12-7-13(22-2)9-14(8-12)23-3/h4-10H,18H2,1-3H3. The summed E-state index contributed by atoms with van der Waals surface area (Å²) < 4.78 is 12.2. The van der Waals surface area contributed by atoms with E-state index in [1.807, 2.05) is 43.3 Å². The minimum Gasteiger partial charge on any atom is -0.497 e. The van der Waals surface area contributed by atoms with E-state index >= 15 is 0 Å². The smallest absolute Gasteiger partial charge is 0.158 e. The minimum absolute atomic E-state index is 0.517. The number of nitrogens with zero attached hydrogens (tertiary/aromatic N) is 3. The monoisotopic (exact) mass is 310 g/mol. The van der Waals surface area contributed by atoms with Crippen LogP contribution < -0.4 is 15.2 Å². The number of pyridine rings is 1. The lowest BCUT2D eigenvalue weighted by atomic mass is 10.1. The molecule has 0 aliphatic heterocycles. The van der Waals surface area contributed by atoms with Gasteiger partial charge in [-0.15, -0.1) is 0 Å². The van der Waals surface area contributed by atoms with Gasteiger partial charge in [0.05, 0.1) is 19.9 Å². The molecule has 0 aliphatic rings. The summed E-state index contributed by atoms with van der Waals surface area (Å²) in [5.74, 6) is 2.62. The van der Waals surface area contributed by atoms with Gasteiger partial charge in [-0.3, -0.25) is 0 Å². The summed E-state index contributed by atoms with van der Waals surface area (Å²) in [5.41, 5.74) is 8.70. The van der Waals surface area contributed by atoms with Gasteiger partial charge in [-0.2, -0.15) is 9.78 Å². The van der Waals surface area contributed by atoms with Gasteiger partial charge in [0.25, 0.3) is 0 Å². The van der Waals surface area contributed by atoms with Gasteiger partial charge in [0.2, 0.25) is 0 Å². The van der Waals surface area contributed by atoms with Crippen LogP contribution in [0.2, 0.25) is 0 Å². The van der Waals surface area contributed by atoms with Gasteiger partial charge in [-0.25, -0.2) is 4.98 Å². The molecular formula is C17H18N4O2. The normalized spacial score (nSPS) is 10.6. The zero-order chi connectivity index (χ0) is 16.4. The number of nitrogen functional groups attached to an aromatic ring is 1. The fourth-order valence-corrected chi connectivity index (χ4v) is 2.36. The lowest BCUT2D eigenvalue weighted by Crippen LogP contribution is -2.05. The van der Waals surface area contributed by atoms with Crippen LogP contribution in [0.3, 0.4) is 0 Å². The molecule has 0 spiro atoms. The van der Waals surface area contributed by atoms with Crippen molar-refractivity contribution in [2.24, 2.45) is 0 Å². The van der Waals surface area contributed by atoms with E-state index < -0.39 is 0 Å². The number of nitrogens with two attached hydrogens (primary N) is 1. The van der Waals surface area contributed by atoms with Crippen LogP contribution in [0.4, 0.5) is 5.82 Å². The van der Waals surface area contributed by atoms with Crippen LogP contribution in [0.15, 0.2) is 42.6 Å². The van der Waals surface area contributed by atoms with E-state index in [1.54, 1.807) is 25.1 Å². The van der Waals surface area contributed by atoms with Gasteiger partial charge in [-0.05, 0) is 30.7 Å². The Morgan fingerprint density at radius 2 is 1.74 bits per heavy atom. The highest BCUT2D eigenvalue weighted by atomic mass is 16.5. The number of ether oxygens (including phenoxy) is 2. The van der Waals surface area contributed by atoms with Gasteiger partial charge in [0.15, 0.2) is 5.82 Å². The van der Waals surface area contributed by atoms with Crippen LogP contribution in [0, 0.1) is 6.92 Å². The molecule has 0 aliphatic carbocycles. The first-order valence-corrected chi connectivity index (χ1v) is 7.13. The molecule has 6 heteroatoms. The van der Waals surface area contributed by atoms with E-state index in [9.17, 15) is 0 Å². The fraction of sp³-hybridized carbons (Fsp3) is 0.176. The van der Waals surface area contributed by atoms with Crippen LogP contribution in [0.1, 0.15) is 5.56 Å². The van der Waals surface area contributed by atoms with E-state index in [4.69, 9.17) is 15.2 Å². The van der Waals surface area contributed by atoms with E-state index in [2.05, 4.69) is 10.1 Å². The number of aromatic nitrogens is 3. The van der Waals surface area contributed by atoms with Crippen molar-refractivity contribution in [1.29, 1.82) is 0 Å². The second-order valence-corrected chi connectivity index (χ2v) is 5.11. The summed E-state index contributed by atoms with van der Waals surface area (Å²) in [5, 5.41) is 4.58. The molecule has 2 heterocycles. The molecule has 0 unspecified atom stereocenters. The van der Waals surface area contributed by atoms with E-state index in [0.717, 1.165) is 16.8 Å². The number of anilines is 1. The van der Waals surface area contributed by atoms with Gasteiger partial charge in [-0.1, -0.05) is 6.07 Å². The van der Waals surface area contributed by atoms with Gasteiger partial charge >= 0.3 is 0 Å². The second-order valence-electron chi connectivity index (χ2n) is 5.11. The molecule has 0 fully saturated rings. The van der Waals surface area contributed by atoms with Gasteiger partial charge < -0.3 is 15.2 Å². The van der Waals surface area contributed by atoms with Crippen LogP contribution >= 0.6 is 0 Å². The first kappa shape index (κ1) is 14.9. The molecule has 3 aromatic rings. The molecule has 2 N–H and O–H groups in total. The Hall–Kier alpha value is -3.02. The Bertz CT molecular complexity index is 820. The number of rotatable bonds is 4. The highest BCUT2D eigenvalue weighted by molar-refractivity contribution is 5.67. The third kappa shape index (κ3) is 2.83. The predicted molar refractivity (Wildman–Crippen MR) is 89.0 cm³/mol. The van der Waals surface area contributed by atoms with Crippen molar-refractivity contribution in [3.63, 3.8) is 0 Å². The molecular weight excluding hydrogens is 292 g/mol. The maximum Gasteiger partial charge on any atom is 0.158 e. The van der Waals surface area contributed by atoms with Gasteiger partial charge in [0.1, 0.15) is 17.3 Å². The SMILES string of the molecule is COc1cc(OC)cc(-c2cc(N)n(-c3ncccc3C)n2)c1. The molecule has 6 nitrogen and oxygen atoms in total. The molecule has 3 rings (SSSR count). The predicted octanol–water partition coefficient (Wildman–Crippen LogP) is 2.84. The van der Waals surface area contributed by atoms with Crippen molar-refractivity contribution in [3.8, 4) is 28.6 Å². The first-order valence-electron chi connectivity index (χ1n) is 7.13. The van der Waals surface area contributed by atoms with E-state index in [-0.39, 0.29) is 0 Å². The Morgan fingerprint density at radius 3 is 2.35 bits per heavy atom. The molecule has 23 heavy (non-hydrogen) atoms. The molecule has 0 atom stereocenters. The van der Waals surface area contributed by atoms with Gasteiger partial charge in [0, 0.05) is 23.9 Å². The Morgan fingerprint density at radius 1 is 1.04 bits per heavy atom. The molecule has 0 saturated heterocycles. The molecule has 0 bridgehead atoms. The van der Waals surface area contributed by atoms with Crippen molar-refractivity contribution < 1.29 is 9.47 Å². The van der Waals surface area contributed by atoms with Crippen LogP contribution in [-0.2, 0) is 0 Å². The Balaban J connectivity index is 2.10. The maximum atomic E-state index is 6.12. The largest absolute Gasteiger partial charge is 0.497 e. The van der Waals surface area contributed by atoms with Crippen LogP contribution in [0.25, 0.3) is 17.1 Å². The number of methoxy groups -OCH3 is 2. The lowest BCUT2D eigenvalue weighted by Gasteiger charge is -2.07. The zero-order valence-electron chi connectivity index (χ0n) is 13.3. The molecule has 118 valence electrons. The fourth-order valence-electron chi connectivity index (χ4n) is 2.36. The number of benzene rings is 1. The quantitative estimate of drug-likeness (QED) is 0.802. The molecule has 0 saturated carbocycles. The van der Waals surface area contributed by atoms with E-state index in [0.29, 0.717) is 23.1 Å². The number of aryl methyl sites for hydroxylation is 1. The molecule has 0 amide bonds. The summed E-state index contributed by atoms with van der Waals surface area (Å²) in [6.07, 6.45) is 1.72. The average Bonchev–Trinajstić information content (AvgIpc) is 2.96. The maximum absolute atomic E-state index is 6.12. The summed E-state index contributed by atoms with van der Waals surface area (Å²) in [6.45, 7) is 1.97. The molecule has 1 aromatic carbocycles. The summed E-state index contributed by atoms with van der Waals surface area (Å²) >= 11 is 0. The molecule has 2 aromatic heterocycles. The number of hydrogen-bond acceptors (Lipinski definition) is 5. The second kappa shape index (κ2) is 6.00. The third-order valence-corrected chi connectivity index (χ3v) is 3.57. The van der Waals surface area contributed by atoms with Crippen molar-refractivity contribution in [2.75, 3.05) is 20.0 Å². The Kier molecular flexibility index (Phi) is 3.89. The minimum atomic E-state index is 0.517. The third-order valence-electron chi connectivity index (χ3n) is 3.57. The van der Waals surface area contributed by atoms with Crippen molar-refractivity contribution in [2.45, 2.75) is 6.92 Å². The lowest BCUT2D eigenvalue weighted by molar-refractivity contribution is 0.394. The van der Waals surface area contributed by atoms with Crippen molar-refractivity contribution in [1.82, 2.24) is 14.8 Å². The summed E-state index contributed by atoms with van der Waals surface area (Å²) in [4.78, 5) is 4.35. The van der Waals surface area contributed by atoms with Crippen LogP contribution in [-0.4, -0.2) is 29.0 Å². The number of hydrogen-bond donors (Lipinski definition) is 1. The summed E-state index contributed by atoms with van der Waals surface area (Å²) in [7, 11) is 3.23. The highest BCUT2D eigenvalue weighted by Crippen LogP contribution is 2.30. The van der Waals surface area contributed by atoms with Crippen LogP contribution in [0.5, 0.6) is 11.5 Å². The Labute approximate surface area is 134 Å². The highest BCUT2D eigenvalue weighted by Gasteiger charge is 2.13. The van der Waals surface area contributed by atoms with Crippen molar-refractivity contribution in [3.05, 3.63) is 48.2 Å². The topological polar surface area (TPSA) is 75.2 Å².